The SMILES string of the molecule is CCCCCCCCCCCCCCCCCCC(C(=O)[O-])C(CCCCCCCCCCCCCCCCCC)(C(=O)[O-])S(=O)(=O)O.[Na+].[Na+]. The first-order valence-electron chi connectivity index (χ1n) is 20.5. The van der Waals surface area contributed by atoms with E-state index in [0.29, 0.717) is 19.3 Å². The second-order valence-corrected chi connectivity index (χ2v) is 16.3. The van der Waals surface area contributed by atoms with Gasteiger partial charge in [-0.1, -0.05) is 219 Å². The third-order valence-electron chi connectivity index (χ3n) is 10.4. The molecular weight excluding hydrogens is 670 g/mol. The molecule has 1 N–H and O–H groups in total. The predicted octanol–water partition coefficient (Wildman–Crippen LogP) is 4.04. The average Bonchev–Trinajstić information content (AvgIpc) is 3.03. The first-order chi connectivity index (χ1) is 23.1. The molecule has 2 unspecified atom stereocenters. The Balaban J connectivity index is -0.0000110. The molecule has 0 heterocycles. The maximum absolute atomic E-state index is 12.4. The van der Waals surface area contributed by atoms with Crippen LogP contribution >= 0.6 is 0 Å². The largest absolute Gasteiger partial charge is 1.00 e. The molecule has 0 bridgehead atoms. The van der Waals surface area contributed by atoms with E-state index in [0.717, 1.165) is 44.9 Å². The monoisotopic (exact) mass is 747 g/mol. The van der Waals surface area contributed by atoms with E-state index < -0.39 is 39.1 Å². The van der Waals surface area contributed by atoms with Crippen molar-refractivity contribution in [3.8, 4) is 0 Å². The summed E-state index contributed by atoms with van der Waals surface area (Å²) in [6.07, 6.45) is 35.6. The fraction of sp³-hybridized carbons (Fsp3) is 0.950. The van der Waals surface area contributed by atoms with E-state index in [1.165, 1.54) is 135 Å². The minimum atomic E-state index is -5.25. The van der Waals surface area contributed by atoms with Crippen LogP contribution in [0.15, 0.2) is 0 Å². The summed E-state index contributed by atoms with van der Waals surface area (Å²) in [4.78, 5) is 24.3. The van der Waals surface area contributed by atoms with Gasteiger partial charge in [0.1, 0.15) is 4.75 Å². The predicted molar refractivity (Wildman–Crippen MR) is 196 cm³/mol. The van der Waals surface area contributed by atoms with Crippen molar-refractivity contribution in [2.45, 2.75) is 237 Å². The zero-order valence-corrected chi connectivity index (χ0v) is 38.2. The average molecular weight is 747 g/mol. The number of carboxylic acid groups (broad SMARTS) is 2. The number of carbonyl (C=O) groups is 2. The van der Waals surface area contributed by atoms with Crippen LogP contribution in [0.2, 0.25) is 0 Å². The van der Waals surface area contributed by atoms with Crippen molar-refractivity contribution >= 4 is 22.1 Å². The Bertz CT molecular complexity index is 872. The molecule has 7 nitrogen and oxygen atoms in total. The van der Waals surface area contributed by atoms with E-state index in [-0.39, 0.29) is 72.0 Å². The number of hydrogen-bond acceptors (Lipinski definition) is 6. The van der Waals surface area contributed by atoms with Crippen molar-refractivity contribution in [1.29, 1.82) is 0 Å². The van der Waals surface area contributed by atoms with Gasteiger partial charge in [0.15, 0.2) is 0 Å². The fourth-order valence-electron chi connectivity index (χ4n) is 7.21. The van der Waals surface area contributed by atoms with Crippen molar-refractivity contribution in [3.63, 3.8) is 0 Å². The second kappa shape index (κ2) is 38.1. The number of unbranched alkanes of at least 4 members (excludes halogenated alkanes) is 30. The maximum atomic E-state index is 12.4. The molecule has 0 saturated heterocycles. The Morgan fingerprint density at radius 1 is 0.480 bits per heavy atom. The van der Waals surface area contributed by atoms with Gasteiger partial charge in [0.25, 0.3) is 10.1 Å². The van der Waals surface area contributed by atoms with Crippen molar-refractivity contribution < 1.29 is 91.9 Å². The number of hydrogen-bond donors (Lipinski definition) is 1. The fourth-order valence-corrected chi connectivity index (χ4v) is 8.39. The van der Waals surface area contributed by atoms with E-state index in [1.807, 2.05) is 0 Å². The van der Waals surface area contributed by atoms with Crippen LogP contribution in [0.5, 0.6) is 0 Å². The second-order valence-electron chi connectivity index (χ2n) is 14.7. The van der Waals surface area contributed by atoms with E-state index in [9.17, 15) is 32.8 Å². The van der Waals surface area contributed by atoms with Crippen molar-refractivity contribution in [3.05, 3.63) is 0 Å². The van der Waals surface area contributed by atoms with Crippen LogP contribution in [0.3, 0.4) is 0 Å². The molecule has 0 aromatic heterocycles. The normalized spacial score (nSPS) is 13.3. The Morgan fingerprint density at radius 3 is 0.940 bits per heavy atom. The molecule has 0 amide bonds. The maximum Gasteiger partial charge on any atom is 1.00 e. The van der Waals surface area contributed by atoms with E-state index in [2.05, 4.69) is 13.8 Å². The molecule has 0 aromatic rings. The number of rotatable bonds is 38. The minimum absolute atomic E-state index is 0. The first-order valence-corrected chi connectivity index (χ1v) is 22.0. The molecule has 0 rings (SSSR count). The van der Waals surface area contributed by atoms with Gasteiger partial charge < -0.3 is 19.8 Å². The quantitative estimate of drug-likeness (QED) is 0.0573. The molecule has 0 radical (unpaired) electrons. The van der Waals surface area contributed by atoms with Gasteiger partial charge in [-0.3, -0.25) is 4.55 Å². The number of carbonyl (C=O) groups excluding carboxylic acids is 2. The summed E-state index contributed by atoms with van der Waals surface area (Å²) >= 11 is 0. The van der Waals surface area contributed by atoms with Gasteiger partial charge in [-0.25, -0.2) is 0 Å². The Labute approximate surface area is 353 Å². The molecule has 0 aromatic carbocycles. The Morgan fingerprint density at radius 2 is 0.720 bits per heavy atom. The van der Waals surface area contributed by atoms with Crippen LogP contribution in [-0.2, 0) is 19.7 Å². The van der Waals surface area contributed by atoms with Crippen LogP contribution in [0.1, 0.15) is 232 Å². The van der Waals surface area contributed by atoms with Crippen LogP contribution in [0, 0.1) is 5.92 Å². The van der Waals surface area contributed by atoms with Crippen LogP contribution in [0.25, 0.3) is 0 Å². The number of carboxylic acids is 2. The minimum Gasteiger partial charge on any atom is -0.550 e. The van der Waals surface area contributed by atoms with Gasteiger partial charge in [-0.2, -0.15) is 8.42 Å². The zero-order valence-electron chi connectivity index (χ0n) is 33.4. The molecular formula is C40H76Na2O7S. The first kappa shape index (κ1) is 55.2. The molecule has 286 valence electrons. The van der Waals surface area contributed by atoms with Crippen LogP contribution in [-0.4, -0.2) is 29.7 Å². The third kappa shape index (κ3) is 28.3. The Kier molecular flexibility index (Phi) is 42.1. The summed E-state index contributed by atoms with van der Waals surface area (Å²) in [5.41, 5.74) is 0. The van der Waals surface area contributed by atoms with Crippen LogP contribution < -0.4 is 69.3 Å². The molecule has 0 aliphatic rings. The topological polar surface area (TPSA) is 135 Å². The summed E-state index contributed by atoms with van der Waals surface area (Å²) in [5.74, 6) is -5.65. The van der Waals surface area contributed by atoms with Crippen molar-refractivity contribution in [2.75, 3.05) is 0 Å². The van der Waals surface area contributed by atoms with Gasteiger partial charge in [-0.05, 0) is 12.8 Å². The smallest absolute Gasteiger partial charge is 0.550 e. The van der Waals surface area contributed by atoms with Gasteiger partial charge in [-0.15, -0.1) is 0 Å². The van der Waals surface area contributed by atoms with E-state index in [4.69, 9.17) is 0 Å². The van der Waals surface area contributed by atoms with Gasteiger partial charge in [0.05, 0.1) is 5.97 Å². The summed E-state index contributed by atoms with van der Waals surface area (Å²) in [6, 6.07) is 0. The molecule has 0 aliphatic heterocycles. The number of aliphatic carboxylic acids is 2. The molecule has 0 fully saturated rings. The standard InChI is InChI=1S/C40H78O7S.2Na/c1-3-5-7-9-11-13-15-17-19-21-23-25-27-29-31-33-35-37(38(41)42)40(39(43)44,48(45,46)47)36-34-32-30-28-26-24-22-20-18-16-14-12-10-8-6-4-2;;/h37H,3-36H2,1-2H3,(H,41,42)(H,43,44)(H,45,46,47);;/q;2*+1/p-2. The van der Waals surface area contributed by atoms with E-state index in [1.54, 1.807) is 0 Å². The zero-order chi connectivity index (χ0) is 35.8. The molecule has 0 aliphatic carbocycles. The van der Waals surface area contributed by atoms with Crippen molar-refractivity contribution in [1.82, 2.24) is 0 Å². The third-order valence-corrected chi connectivity index (χ3v) is 12.0. The van der Waals surface area contributed by atoms with Gasteiger partial charge in [0.2, 0.25) is 0 Å². The molecule has 2 atom stereocenters. The van der Waals surface area contributed by atoms with E-state index >= 15 is 0 Å². The summed E-state index contributed by atoms with van der Waals surface area (Å²) in [7, 11) is -5.25. The van der Waals surface area contributed by atoms with Gasteiger partial charge >= 0.3 is 59.1 Å². The summed E-state index contributed by atoms with van der Waals surface area (Å²) in [5, 5.41) is 24.3. The summed E-state index contributed by atoms with van der Waals surface area (Å²) in [6.45, 7) is 4.48. The molecule has 0 saturated carbocycles. The summed E-state index contributed by atoms with van der Waals surface area (Å²) < 4.78 is 32.1. The molecule has 50 heavy (non-hydrogen) atoms. The van der Waals surface area contributed by atoms with Crippen LogP contribution in [0.4, 0.5) is 0 Å². The van der Waals surface area contributed by atoms with Crippen molar-refractivity contribution in [2.24, 2.45) is 5.92 Å². The Hall–Kier alpha value is 0.850. The molecule has 0 spiro atoms. The van der Waals surface area contributed by atoms with Gasteiger partial charge in [0, 0.05) is 11.9 Å². The molecule has 10 heteroatoms.